The molecule has 0 atom stereocenters. The molecule has 0 radical (unpaired) electrons. The van der Waals surface area contributed by atoms with Crippen LogP contribution in [0.25, 0.3) is 16.7 Å². The maximum atomic E-state index is 12.9. The minimum Gasteiger partial charge on any atom is -0.324 e. The van der Waals surface area contributed by atoms with E-state index in [-0.39, 0.29) is 11.5 Å². The number of aryl methyl sites for hydroxylation is 3. The Labute approximate surface area is 156 Å². The van der Waals surface area contributed by atoms with Crippen LogP contribution in [0.3, 0.4) is 0 Å². The topological polar surface area (TPSA) is 68.4 Å². The van der Waals surface area contributed by atoms with Crippen molar-refractivity contribution in [1.29, 1.82) is 0 Å². The number of nitrogens with one attached hydrogen (secondary N) is 1. The molecule has 0 unspecified atom stereocenters. The summed E-state index contributed by atoms with van der Waals surface area (Å²) in [4.78, 5) is 30.3. The van der Waals surface area contributed by atoms with Crippen LogP contribution >= 0.6 is 0 Å². The van der Waals surface area contributed by atoms with Crippen molar-refractivity contribution in [1.82, 2.24) is 14.0 Å². The standard InChI is InChI=1S/C21H20N4O2/c1-4-14-7-5-6-8-16(14)22-20(26)17-11-15-19(24(17)3)23-18-10-9-13(2)12-25(18)21(15)27/h5-12H,4H2,1-3H3,(H,22,26). The summed E-state index contributed by atoms with van der Waals surface area (Å²) >= 11 is 0. The molecule has 6 nitrogen and oxygen atoms in total. The Morgan fingerprint density at radius 1 is 1.19 bits per heavy atom. The number of fused-ring (bicyclic) bond motifs is 2. The first-order valence-corrected chi connectivity index (χ1v) is 8.87. The Balaban J connectivity index is 1.84. The van der Waals surface area contributed by atoms with Crippen molar-refractivity contribution in [2.75, 3.05) is 5.32 Å². The van der Waals surface area contributed by atoms with Crippen LogP contribution in [0.1, 0.15) is 28.5 Å². The molecule has 136 valence electrons. The molecule has 3 aromatic heterocycles. The molecule has 0 aliphatic rings. The normalized spacial score (nSPS) is 11.2. The van der Waals surface area contributed by atoms with Crippen LogP contribution in [0.2, 0.25) is 0 Å². The number of hydrogen-bond donors (Lipinski definition) is 1. The van der Waals surface area contributed by atoms with Gasteiger partial charge in [-0.05, 0) is 42.7 Å². The second-order valence-corrected chi connectivity index (χ2v) is 6.64. The Morgan fingerprint density at radius 3 is 2.74 bits per heavy atom. The summed E-state index contributed by atoms with van der Waals surface area (Å²) in [7, 11) is 1.75. The molecule has 4 rings (SSSR count). The fraction of sp³-hybridized carbons (Fsp3) is 0.190. The number of para-hydroxylation sites is 1. The van der Waals surface area contributed by atoms with Gasteiger partial charge in [-0.15, -0.1) is 0 Å². The maximum absolute atomic E-state index is 12.9. The number of nitrogens with zero attached hydrogens (tertiary/aromatic N) is 3. The molecule has 6 heteroatoms. The quantitative estimate of drug-likeness (QED) is 0.609. The van der Waals surface area contributed by atoms with Gasteiger partial charge in [0.1, 0.15) is 17.0 Å². The van der Waals surface area contributed by atoms with Gasteiger partial charge >= 0.3 is 0 Å². The van der Waals surface area contributed by atoms with Crippen LogP contribution in [-0.2, 0) is 13.5 Å². The summed E-state index contributed by atoms with van der Waals surface area (Å²) in [5.74, 6) is -0.263. The smallest absolute Gasteiger partial charge is 0.272 e. The van der Waals surface area contributed by atoms with E-state index in [4.69, 9.17) is 0 Å². The zero-order valence-electron chi connectivity index (χ0n) is 15.5. The molecule has 3 heterocycles. The molecular weight excluding hydrogens is 340 g/mol. The van der Waals surface area contributed by atoms with Crippen molar-refractivity contribution in [2.45, 2.75) is 20.3 Å². The monoisotopic (exact) mass is 360 g/mol. The highest BCUT2D eigenvalue weighted by Gasteiger charge is 2.18. The Bertz CT molecular complexity index is 1250. The highest BCUT2D eigenvalue weighted by atomic mass is 16.2. The number of anilines is 1. The first-order chi connectivity index (χ1) is 13.0. The van der Waals surface area contributed by atoms with Crippen molar-refractivity contribution >= 4 is 28.3 Å². The number of carbonyl (C=O) groups excluding carboxylic acids is 1. The lowest BCUT2D eigenvalue weighted by Gasteiger charge is -2.10. The van der Waals surface area contributed by atoms with Gasteiger partial charge in [0, 0.05) is 18.9 Å². The van der Waals surface area contributed by atoms with Crippen LogP contribution in [-0.4, -0.2) is 19.9 Å². The number of hydrogen-bond acceptors (Lipinski definition) is 3. The van der Waals surface area contributed by atoms with E-state index >= 15 is 0 Å². The number of aromatic nitrogens is 3. The van der Waals surface area contributed by atoms with Gasteiger partial charge in [0.25, 0.3) is 11.5 Å². The highest BCUT2D eigenvalue weighted by Crippen LogP contribution is 2.19. The van der Waals surface area contributed by atoms with E-state index in [1.807, 2.05) is 44.2 Å². The number of carbonyl (C=O) groups is 1. The number of benzene rings is 1. The van der Waals surface area contributed by atoms with Gasteiger partial charge in [0.15, 0.2) is 0 Å². The van der Waals surface area contributed by atoms with Crippen molar-refractivity contribution < 1.29 is 4.79 Å². The molecule has 0 bridgehead atoms. The Morgan fingerprint density at radius 2 is 1.96 bits per heavy atom. The molecule has 1 amide bonds. The van der Waals surface area contributed by atoms with Crippen molar-refractivity contribution in [3.8, 4) is 0 Å². The molecule has 0 saturated heterocycles. The fourth-order valence-corrected chi connectivity index (χ4v) is 3.33. The fourth-order valence-electron chi connectivity index (χ4n) is 3.33. The average molecular weight is 360 g/mol. The van der Waals surface area contributed by atoms with Crippen LogP contribution < -0.4 is 10.9 Å². The van der Waals surface area contributed by atoms with Gasteiger partial charge in [-0.1, -0.05) is 31.2 Å². The third kappa shape index (κ3) is 2.79. The molecular formula is C21H20N4O2. The third-order valence-electron chi connectivity index (χ3n) is 4.82. The zero-order chi connectivity index (χ0) is 19.1. The molecule has 0 aliphatic carbocycles. The minimum atomic E-state index is -0.263. The van der Waals surface area contributed by atoms with Crippen LogP contribution in [0.5, 0.6) is 0 Å². The number of amides is 1. The summed E-state index contributed by atoms with van der Waals surface area (Å²) in [6.07, 6.45) is 2.58. The van der Waals surface area contributed by atoms with Crippen molar-refractivity contribution in [3.63, 3.8) is 0 Å². The molecule has 4 aromatic rings. The van der Waals surface area contributed by atoms with E-state index in [1.54, 1.807) is 29.9 Å². The lowest BCUT2D eigenvalue weighted by molar-refractivity contribution is 0.101. The lowest BCUT2D eigenvalue weighted by Crippen LogP contribution is -2.16. The molecule has 0 saturated carbocycles. The Kier molecular flexibility index (Phi) is 4.03. The summed E-state index contributed by atoms with van der Waals surface area (Å²) in [6.45, 7) is 3.96. The molecule has 1 N–H and O–H groups in total. The van der Waals surface area contributed by atoms with Gasteiger partial charge in [0.2, 0.25) is 0 Å². The molecule has 0 aliphatic heterocycles. The number of pyridine rings is 1. The second kappa shape index (κ2) is 6.39. The second-order valence-electron chi connectivity index (χ2n) is 6.64. The zero-order valence-corrected chi connectivity index (χ0v) is 15.5. The Hall–Kier alpha value is -3.41. The number of rotatable bonds is 3. The molecule has 0 fully saturated rings. The lowest BCUT2D eigenvalue weighted by atomic mass is 10.1. The predicted molar refractivity (Wildman–Crippen MR) is 106 cm³/mol. The molecule has 1 aromatic carbocycles. The van der Waals surface area contributed by atoms with E-state index in [1.165, 1.54) is 4.40 Å². The van der Waals surface area contributed by atoms with Crippen molar-refractivity contribution in [2.24, 2.45) is 7.05 Å². The highest BCUT2D eigenvalue weighted by molar-refractivity contribution is 6.06. The predicted octanol–water partition coefficient (Wildman–Crippen LogP) is 3.31. The summed E-state index contributed by atoms with van der Waals surface area (Å²) < 4.78 is 3.19. The van der Waals surface area contributed by atoms with Crippen LogP contribution in [0, 0.1) is 6.92 Å². The first-order valence-electron chi connectivity index (χ1n) is 8.87. The first kappa shape index (κ1) is 17.0. The summed E-state index contributed by atoms with van der Waals surface area (Å²) in [5.41, 5.74) is 4.08. The minimum absolute atomic E-state index is 0.178. The maximum Gasteiger partial charge on any atom is 0.272 e. The largest absolute Gasteiger partial charge is 0.324 e. The van der Waals surface area contributed by atoms with Gasteiger partial charge in [-0.25, -0.2) is 4.98 Å². The van der Waals surface area contributed by atoms with E-state index in [2.05, 4.69) is 10.3 Å². The summed E-state index contributed by atoms with van der Waals surface area (Å²) in [5, 5.41) is 3.38. The van der Waals surface area contributed by atoms with Gasteiger partial charge in [-0.3, -0.25) is 14.0 Å². The van der Waals surface area contributed by atoms with Crippen molar-refractivity contribution in [3.05, 3.63) is 75.8 Å². The van der Waals surface area contributed by atoms with E-state index in [0.717, 1.165) is 23.2 Å². The average Bonchev–Trinajstić information content (AvgIpc) is 3.00. The molecule has 27 heavy (non-hydrogen) atoms. The van der Waals surface area contributed by atoms with E-state index in [0.29, 0.717) is 22.4 Å². The molecule has 0 spiro atoms. The SMILES string of the molecule is CCc1ccccc1NC(=O)c1cc2c(=O)n3cc(C)ccc3nc2n1C. The van der Waals surface area contributed by atoms with E-state index in [9.17, 15) is 9.59 Å². The van der Waals surface area contributed by atoms with Crippen LogP contribution in [0.15, 0.2) is 53.5 Å². The van der Waals surface area contributed by atoms with E-state index < -0.39 is 0 Å². The summed E-state index contributed by atoms with van der Waals surface area (Å²) in [6, 6.07) is 13.0. The van der Waals surface area contributed by atoms with Crippen LogP contribution in [0.4, 0.5) is 5.69 Å². The van der Waals surface area contributed by atoms with Gasteiger partial charge < -0.3 is 9.88 Å². The van der Waals surface area contributed by atoms with Gasteiger partial charge in [-0.2, -0.15) is 0 Å². The third-order valence-corrected chi connectivity index (χ3v) is 4.82. The van der Waals surface area contributed by atoms with Gasteiger partial charge in [0.05, 0.1) is 5.39 Å².